The number of halogens is 2. The van der Waals surface area contributed by atoms with Gasteiger partial charge in [0.25, 0.3) is 0 Å². The van der Waals surface area contributed by atoms with Crippen LogP contribution in [0.2, 0.25) is 0 Å². The summed E-state index contributed by atoms with van der Waals surface area (Å²) in [5.74, 6) is -0.866. The van der Waals surface area contributed by atoms with Gasteiger partial charge in [0.05, 0.1) is 11.6 Å². The maximum Gasteiger partial charge on any atom is 0.128 e. The molecule has 1 unspecified atom stereocenters. The molecular weight excluding hydrogens is 270 g/mol. The summed E-state index contributed by atoms with van der Waals surface area (Å²) in [6.45, 7) is 1.80. The van der Waals surface area contributed by atoms with Crippen LogP contribution in [-0.2, 0) is 0 Å². The minimum Gasteiger partial charge on any atom is -0.378 e. The summed E-state index contributed by atoms with van der Waals surface area (Å²) in [5.41, 5.74) is 2.00. The second-order valence-corrected chi connectivity index (χ2v) is 4.91. The van der Waals surface area contributed by atoms with Gasteiger partial charge < -0.3 is 5.32 Å². The molecule has 2 nitrogen and oxygen atoms in total. The fourth-order valence-electron chi connectivity index (χ4n) is 2.39. The number of rotatable bonds is 3. The first kappa shape index (κ1) is 13.5. The first-order valence-electron chi connectivity index (χ1n) is 6.70. The van der Waals surface area contributed by atoms with Crippen LogP contribution in [0.1, 0.15) is 18.5 Å². The van der Waals surface area contributed by atoms with Gasteiger partial charge in [0.1, 0.15) is 11.6 Å². The molecule has 0 amide bonds. The van der Waals surface area contributed by atoms with E-state index in [1.165, 1.54) is 6.07 Å². The van der Waals surface area contributed by atoms with Gasteiger partial charge in [0.2, 0.25) is 0 Å². The number of hydrogen-bond donors (Lipinski definition) is 1. The number of pyridine rings is 1. The van der Waals surface area contributed by atoms with Crippen molar-refractivity contribution in [2.24, 2.45) is 0 Å². The number of benzene rings is 2. The van der Waals surface area contributed by atoms with Crippen molar-refractivity contribution in [2.45, 2.75) is 13.0 Å². The molecule has 0 saturated carbocycles. The fraction of sp³-hybridized carbons (Fsp3) is 0.118. The van der Waals surface area contributed by atoms with E-state index in [2.05, 4.69) is 10.3 Å². The molecule has 3 aromatic rings. The quantitative estimate of drug-likeness (QED) is 0.755. The first-order valence-corrected chi connectivity index (χ1v) is 6.70. The van der Waals surface area contributed by atoms with Crippen molar-refractivity contribution in [1.29, 1.82) is 0 Å². The summed E-state index contributed by atoms with van der Waals surface area (Å²) in [7, 11) is 0. The van der Waals surface area contributed by atoms with Gasteiger partial charge in [-0.05, 0) is 49.4 Å². The Hall–Kier alpha value is -2.49. The van der Waals surface area contributed by atoms with E-state index in [1.807, 2.05) is 30.3 Å². The number of nitrogens with one attached hydrogen (secondary N) is 1. The molecule has 0 aliphatic rings. The second kappa shape index (κ2) is 5.48. The molecule has 106 valence electrons. The van der Waals surface area contributed by atoms with Crippen LogP contribution in [0.5, 0.6) is 0 Å². The number of anilines is 1. The Morgan fingerprint density at radius 1 is 1.05 bits per heavy atom. The van der Waals surface area contributed by atoms with Gasteiger partial charge in [0.15, 0.2) is 0 Å². The van der Waals surface area contributed by atoms with Crippen molar-refractivity contribution < 1.29 is 8.78 Å². The molecule has 21 heavy (non-hydrogen) atoms. The van der Waals surface area contributed by atoms with Crippen molar-refractivity contribution in [1.82, 2.24) is 4.98 Å². The third kappa shape index (κ3) is 2.70. The SMILES string of the molecule is CC(Nc1cccc2ncccc12)c1cc(F)ccc1F. The van der Waals surface area contributed by atoms with Crippen LogP contribution in [0.3, 0.4) is 0 Å². The minimum atomic E-state index is -0.445. The van der Waals surface area contributed by atoms with Crippen molar-refractivity contribution in [3.8, 4) is 0 Å². The van der Waals surface area contributed by atoms with Crippen LogP contribution in [-0.4, -0.2) is 4.98 Å². The van der Waals surface area contributed by atoms with Gasteiger partial charge >= 0.3 is 0 Å². The molecule has 0 aliphatic heterocycles. The van der Waals surface area contributed by atoms with Gasteiger partial charge in [-0.1, -0.05) is 6.07 Å². The van der Waals surface area contributed by atoms with E-state index in [-0.39, 0.29) is 6.04 Å². The van der Waals surface area contributed by atoms with E-state index in [9.17, 15) is 8.78 Å². The fourth-order valence-corrected chi connectivity index (χ4v) is 2.39. The predicted molar refractivity (Wildman–Crippen MR) is 80.1 cm³/mol. The third-order valence-electron chi connectivity index (χ3n) is 3.44. The van der Waals surface area contributed by atoms with E-state index in [1.54, 1.807) is 13.1 Å². The van der Waals surface area contributed by atoms with Crippen molar-refractivity contribution in [3.63, 3.8) is 0 Å². The summed E-state index contributed by atoms with van der Waals surface area (Å²) < 4.78 is 27.1. The zero-order valence-corrected chi connectivity index (χ0v) is 11.5. The van der Waals surface area contributed by atoms with Crippen LogP contribution in [0.4, 0.5) is 14.5 Å². The Morgan fingerprint density at radius 3 is 2.76 bits per heavy atom. The number of fused-ring (bicyclic) bond motifs is 1. The molecule has 1 N–H and O–H groups in total. The smallest absolute Gasteiger partial charge is 0.128 e. The molecule has 1 aromatic heterocycles. The number of nitrogens with zero attached hydrogens (tertiary/aromatic N) is 1. The lowest BCUT2D eigenvalue weighted by molar-refractivity contribution is 0.577. The highest BCUT2D eigenvalue weighted by atomic mass is 19.1. The summed E-state index contributed by atoms with van der Waals surface area (Å²) >= 11 is 0. The Bertz CT molecular complexity index is 781. The molecular formula is C17H14F2N2. The van der Waals surface area contributed by atoms with E-state index < -0.39 is 11.6 Å². The third-order valence-corrected chi connectivity index (χ3v) is 3.44. The Balaban J connectivity index is 1.96. The average Bonchev–Trinajstić information content (AvgIpc) is 2.50. The zero-order chi connectivity index (χ0) is 14.8. The lowest BCUT2D eigenvalue weighted by Gasteiger charge is -2.18. The summed E-state index contributed by atoms with van der Waals surface area (Å²) in [6.07, 6.45) is 1.72. The Morgan fingerprint density at radius 2 is 1.90 bits per heavy atom. The largest absolute Gasteiger partial charge is 0.378 e. The van der Waals surface area contributed by atoms with Crippen molar-refractivity contribution in [3.05, 3.63) is 71.9 Å². The molecule has 1 atom stereocenters. The van der Waals surface area contributed by atoms with E-state index in [0.717, 1.165) is 28.7 Å². The standard InChI is InChI=1S/C17H14F2N2/c1-11(14-10-12(18)7-8-15(14)19)21-17-6-2-5-16-13(17)4-3-9-20-16/h2-11,21H,1H3. The lowest BCUT2D eigenvalue weighted by atomic mass is 10.1. The molecule has 0 saturated heterocycles. The normalized spacial score (nSPS) is 12.3. The molecule has 2 aromatic carbocycles. The topological polar surface area (TPSA) is 24.9 Å². The minimum absolute atomic E-state index is 0.302. The molecule has 3 rings (SSSR count). The highest BCUT2D eigenvalue weighted by Crippen LogP contribution is 2.27. The van der Waals surface area contributed by atoms with Gasteiger partial charge in [0, 0.05) is 22.8 Å². The number of hydrogen-bond acceptors (Lipinski definition) is 2. The molecule has 0 aliphatic carbocycles. The molecule has 1 heterocycles. The molecule has 0 fully saturated rings. The van der Waals surface area contributed by atoms with E-state index in [0.29, 0.717) is 5.56 Å². The average molecular weight is 284 g/mol. The number of aromatic nitrogens is 1. The lowest BCUT2D eigenvalue weighted by Crippen LogP contribution is -2.09. The van der Waals surface area contributed by atoms with Crippen molar-refractivity contribution in [2.75, 3.05) is 5.32 Å². The first-order chi connectivity index (χ1) is 10.1. The van der Waals surface area contributed by atoms with E-state index >= 15 is 0 Å². The zero-order valence-electron chi connectivity index (χ0n) is 11.5. The van der Waals surface area contributed by atoms with Gasteiger partial charge in [-0.2, -0.15) is 0 Å². The predicted octanol–water partition coefficient (Wildman–Crippen LogP) is 4.69. The van der Waals surface area contributed by atoms with Gasteiger partial charge in [-0.25, -0.2) is 8.78 Å². The molecule has 4 heteroatoms. The monoisotopic (exact) mass is 284 g/mol. The van der Waals surface area contributed by atoms with Crippen molar-refractivity contribution >= 4 is 16.6 Å². The summed E-state index contributed by atoms with van der Waals surface area (Å²) in [6, 6.07) is 12.6. The van der Waals surface area contributed by atoms with Gasteiger partial charge in [-0.3, -0.25) is 4.98 Å². The maximum atomic E-state index is 13.8. The highest BCUT2D eigenvalue weighted by Gasteiger charge is 2.13. The molecule has 0 bridgehead atoms. The summed E-state index contributed by atoms with van der Waals surface area (Å²) in [4.78, 5) is 4.28. The highest BCUT2D eigenvalue weighted by molar-refractivity contribution is 5.91. The van der Waals surface area contributed by atoms with E-state index in [4.69, 9.17) is 0 Å². The van der Waals surface area contributed by atoms with Crippen LogP contribution in [0.25, 0.3) is 10.9 Å². The van der Waals surface area contributed by atoms with Crippen LogP contribution < -0.4 is 5.32 Å². The molecule has 0 spiro atoms. The van der Waals surface area contributed by atoms with Crippen LogP contribution in [0.15, 0.2) is 54.7 Å². The second-order valence-electron chi connectivity index (χ2n) is 4.91. The van der Waals surface area contributed by atoms with Crippen LogP contribution in [0, 0.1) is 11.6 Å². The van der Waals surface area contributed by atoms with Crippen LogP contribution >= 0.6 is 0 Å². The Labute approximate surface area is 121 Å². The molecule has 0 radical (unpaired) electrons. The Kier molecular flexibility index (Phi) is 3.52. The van der Waals surface area contributed by atoms with Gasteiger partial charge in [-0.15, -0.1) is 0 Å². The summed E-state index contributed by atoms with van der Waals surface area (Å²) in [5, 5.41) is 4.17. The maximum absolute atomic E-state index is 13.8.